The van der Waals surface area contributed by atoms with Gasteiger partial charge in [0.2, 0.25) is 0 Å². The van der Waals surface area contributed by atoms with Crippen LogP contribution in [-0.2, 0) is 32.7 Å². The van der Waals surface area contributed by atoms with Crippen molar-refractivity contribution in [2.75, 3.05) is 20.3 Å². The van der Waals surface area contributed by atoms with E-state index < -0.39 is 26.5 Å². The van der Waals surface area contributed by atoms with E-state index >= 15 is 0 Å². The first-order chi connectivity index (χ1) is 22.3. The summed E-state index contributed by atoms with van der Waals surface area (Å²) in [5, 5.41) is 0. The van der Waals surface area contributed by atoms with E-state index in [1.807, 2.05) is 0 Å². The zero-order chi connectivity index (χ0) is 34.0. The first-order valence-electron chi connectivity index (χ1n) is 18.2. The van der Waals surface area contributed by atoms with Crippen LogP contribution in [0.1, 0.15) is 162 Å². The molecule has 2 atom stereocenters. The van der Waals surface area contributed by atoms with Gasteiger partial charge in [-0.1, -0.05) is 121 Å². The third-order valence-electron chi connectivity index (χ3n) is 7.61. The Bertz CT molecular complexity index is 854. The van der Waals surface area contributed by atoms with Gasteiger partial charge in [0.1, 0.15) is 6.61 Å². The Balaban J connectivity index is 4.13. The van der Waals surface area contributed by atoms with Crippen LogP contribution in [0.5, 0.6) is 0 Å². The fourth-order valence-electron chi connectivity index (χ4n) is 4.73. The maximum Gasteiger partial charge on any atom is 0.472 e. The number of hydrogen-bond acceptors (Lipinski definition) is 7. The summed E-state index contributed by atoms with van der Waals surface area (Å²) in [6.07, 6.45) is 36.2. The standard InChI is InChI=1S/C37H67O8P/c1-4-6-8-10-12-14-16-18-20-22-24-26-28-30-32-37(39)45-35(34-44-46(40,41)42-3)33-43-36(38)31-29-27-25-23-21-19-17-15-13-11-9-7-5-2/h10,12,15-18,35H,4-9,11,13-14,19-34H2,1-3H3,(H,40,41)/b12-10-,17-15-,18-16-. The molecule has 0 heterocycles. The average molecular weight is 671 g/mol. The Morgan fingerprint density at radius 2 is 1.07 bits per heavy atom. The second kappa shape index (κ2) is 33.2. The van der Waals surface area contributed by atoms with Crippen molar-refractivity contribution in [1.29, 1.82) is 0 Å². The second-order valence-electron chi connectivity index (χ2n) is 12.0. The quantitative estimate of drug-likeness (QED) is 0.0318. The number of rotatable bonds is 33. The van der Waals surface area contributed by atoms with Crippen molar-refractivity contribution in [2.45, 2.75) is 168 Å². The number of unbranched alkanes of at least 4 members (excludes halogenated alkanes) is 16. The molecule has 46 heavy (non-hydrogen) atoms. The molecule has 2 unspecified atom stereocenters. The minimum atomic E-state index is -4.26. The van der Waals surface area contributed by atoms with Crippen LogP contribution < -0.4 is 0 Å². The van der Waals surface area contributed by atoms with Crippen LogP contribution in [0.2, 0.25) is 0 Å². The van der Waals surface area contributed by atoms with E-state index in [4.69, 9.17) is 14.0 Å². The maximum absolute atomic E-state index is 12.4. The molecule has 0 saturated carbocycles. The predicted molar refractivity (Wildman–Crippen MR) is 189 cm³/mol. The third-order valence-corrected chi connectivity index (χ3v) is 8.54. The van der Waals surface area contributed by atoms with Crippen molar-refractivity contribution in [1.82, 2.24) is 0 Å². The van der Waals surface area contributed by atoms with Crippen LogP contribution in [-0.4, -0.2) is 43.3 Å². The molecule has 268 valence electrons. The van der Waals surface area contributed by atoms with E-state index in [2.05, 4.69) is 54.8 Å². The summed E-state index contributed by atoms with van der Waals surface area (Å²) in [5.41, 5.74) is 0. The van der Waals surface area contributed by atoms with E-state index in [1.165, 1.54) is 44.9 Å². The summed E-state index contributed by atoms with van der Waals surface area (Å²) in [6, 6.07) is 0. The Kier molecular flexibility index (Phi) is 31.9. The van der Waals surface area contributed by atoms with Gasteiger partial charge in [-0.05, 0) is 64.2 Å². The van der Waals surface area contributed by atoms with Crippen molar-refractivity contribution < 1.29 is 37.6 Å². The fraction of sp³-hybridized carbons (Fsp3) is 0.784. The molecule has 0 amide bonds. The summed E-state index contributed by atoms with van der Waals surface area (Å²) in [6.45, 7) is 3.79. The molecule has 8 nitrogen and oxygen atoms in total. The van der Waals surface area contributed by atoms with Gasteiger partial charge in [0.05, 0.1) is 6.61 Å². The Morgan fingerprint density at radius 3 is 1.61 bits per heavy atom. The lowest BCUT2D eigenvalue weighted by Crippen LogP contribution is -2.29. The summed E-state index contributed by atoms with van der Waals surface area (Å²) < 4.78 is 31.8. The number of hydrogen-bond donors (Lipinski definition) is 1. The molecule has 0 spiro atoms. The van der Waals surface area contributed by atoms with Gasteiger partial charge in [0, 0.05) is 20.0 Å². The molecule has 0 aromatic rings. The van der Waals surface area contributed by atoms with Crippen LogP contribution in [0.25, 0.3) is 0 Å². The number of allylic oxidation sites excluding steroid dienone is 6. The monoisotopic (exact) mass is 670 g/mol. The van der Waals surface area contributed by atoms with E-state index in [-0.39, 0.29) is 25.4 Å². The van der Waals surface area contributed by atoms with E-state index in [0.29, 0.717) is 6.42 Å². The molecule has 0 aliphatic carbocycles. The normalized spacial score (nSPS) is 13.9. The van der Waals surface area contributed by atoms with Crippen LogP contribution in [0.15, 0.2) is 36.5 Å². The lowest BCUT2D eigenvalue weighted by atomic mass is 10.1. The Hall–Kier alpha value is -1.73. The SMILES string of the molecule is CCCC/C=C\C/C=C\CCCCCCCC(=O)OC(COC(=O)CCCCCCC/C=C\CCCCCC)COP(=O)(O)OC. The largest absolute Gasteiger partial charge is 0.472 e. The molecule has 0 rings (SSSR count). The highest BCUT2D eigenvalue weighted by atomic mass is 31.2. The summed E-state index contributed by atoms with van der Waals surface area (Å²) >= 11 is 0. The molecular weight excluding hydrogens is 603 g/mol. The van der Waals surface area contributed by atoms with Gasteiger partial charge in [-0.25, -0.2) is 4.57 Å². The molecule has 0 aromatic heterocycles. The number of phosphoric ester groups is 1. The Labute approximate surface area is 281 Å². The first kappa shape index (κ1) is 44.3. The first-order valence-corrected chi connectivity index (χ1v) is 19.7. The molecule has 0 aliphatic rings. The highest BCUT2D eigenvalue weighted by Gasteiger charge is 2.24. The number of ether oxygens (including phenoxy) is 2. The van der Waals surface area contributed by atoms with Crippen molar-refractivity contribution in [3.05, 3.63) is 36.5 Å². The molecule has 0 bridgehead atoms. The molecule has 0 aromatic carbocycles. The average Bonchev–Trinajstić information content (AvgIpc) is 3.04. The molecule has 0 fully saturated rings. The molecule has 9 heteroatoms. The van der Waals surface area contributed by atoms with Gasteiger partial charge in [-0.3, -0.25) is 18.6 Å². The lowest BCUT2D eigenvalue weighted by molar-refractivity contribution is -0.161. The topological polar surface area (TPSA) is 108 Å². The van der Waals surface area contributed by atoms with Gasteiger partial charge in [-0.2, -0.15) is 0 Å². The minimum absolute atomic E-state index is 0.227. The highest BCUT2D eigenvalue weighted by molar-refractivity contribution is 7.47. The van der Waals surface area contributed by atoms with Gasteiger partial charge >= 0.3 is 19.8 Å². The fourth-order valence-corrected chi connectivity index (χ4v) is 5.19. The molecule has 0 saturated heterocycles. The van der Waals surface area contributed by atoms with Crippen molar-refractivity contribution in [2.24, 2.45) is 0 Å². The van der Waals surface area contributed by atoms with Gasteiger partial charge < -0.3 is 14.4 Å². The zero-order valence-electron chi connectivity index (χ0n) is 29.5. The molecule has 0 radical (unpaired) electrons. The lowest BCUT2D eigenvalue weighted by Gasteiger charge is -2.19. The highest BCUT2D eigenvalue weighted by Crippen LogP contribution is 2.42. The molecular formula is C37H67O8P. The number of phosphoric acid groups is 1. The van der Waals surface area contributed by atoms with Crippen molar-refractivity contribution in [3.8, 4) is 0 Å². The number of carbonyl (C=O) groups is 2. The van der Waals surface area contributed by atoms with Crippen LogP contribution >= 0.6 is 7.82 Å². The van der Waals surface area contributed by atoms with Crippen LogP contribution in [0, 0.1) is 0 Å². The van der Waals surface area contributed by atoms with Gasteiger partial charge in [0.25, 0.3) is 0 Å². The summed E-state index contributed by atoms with van der Waals surface area (Å²) in [7, 11) is -3.21. The zero-order valence-corrected chi connectivity index (χ0v) is 30.4. The molecule has 0 aliphatic heterocycles. The van der Waals surface area contributed by atoms with Gasteiger partial charge in [-0.15, -0.1) is 0 Å². The van der Waals surface area contributed by atoms with E-state index in [9.17, 15) is 19.0 Å². The van der Waals surface area contributed by atoms with E-state index in [1.54, 1.807) is 0 Å². The van der Waals surface area contributed by atoms with Gasteiger partial charge in [0.15, 0.2) is 6.10 Å². The molecule has 1 N–H and O–H groups in total. The van der Waals surface area contributed by atoms with Crippen molar-refractivity contribution >= 4 is 19.8 Å². The Morgan fingerprint density at radius 1 is 0.609 bits per heavy atom. The second-order valence-corrected chi connectivity index (χ2v) is 13.6. The smallest absolute Gasteiger partial charge is 0.462 e. The van der Waals surface area contributed by atoms with Crippen molar-refractivity contribution in [3.63, 3.8) is 0 Å². The summed E-state index contributed by atoms with van der Waals surface area (Å²) in [4.78, 5) is 34.2. The number of carbonyl (C=O) groups excluding carboxylic acids is 2. The third kappa shape index (κ3) is 32.2. The van der Waals surface area contributed by atoms with Crippen LogP contribution in [0.3, 0.4) is 0 Å². The summed E-state index contributed by atoms with van der Waals surface area (Å²) in [5.74, 6) is -0.833. The minimum Gasteiger partial charge on any atom is -0.462 e. The van der Waals surface area contributed by atoms with Crippen LogP contribution in [0.4, 0.5) is 0 Å². The predicted octanol–water partition coefficient (Wildman–Crippen LogP) is 10.9. The maximum atomic E-state index is 12.4. The van der Waals surface area contributed by atoms with E-state index in [0.717, 1.165) is 90.6 Å². The number of esters is 2.